The molecule has 20 heavy (non-hydrogen) atoms. The van der Waals surface area contributed by atoms with Crippen LogP contribution in [0.1, 0.15) is 53.6 Å². The number of unbranched alkanes of at least 4 members (excludes halogenated alkanes) is 1. The fourth-order valence-corrected chi connectivity index (χ4v) is 2.65. The average Bonchev–Trinajstić information content (AvgIpc) is 2.44. The van der Waals surface area contributed by atoms with Crippen LogP contribution in [0.2, 0.25) is 0 Å². The molecule has 0 spiro atoms. The fraction of sp³-hybridized carbons (Fsp3) is 0.368. The zero-order chi connectivity index (χ0) is 14.5. The maximum absolute atomic E-state index is 6.40. The van der Waals surface area contributed by atoms with Gasteiger partial charge in [0.05, 0.1) is 6.04 Å². The molecule has 0 amide bonds. The molecule has 0 aliphatic rings. The second kappa shape index (κ2) is 6.71. The standard InChI is InChI=1S/C19H25N/c1-4-5-6-16-7-9-17(10-8-16)19(20)18-12-14(2)11-15(3)13-18/h7-13,19H,4-6,20H2,1-3H3. The molecule has 1 heteroatoms. The highest BCUT2D eigenvalue weighted by atomic mass is 14.6. The Hall–Kier alpha value is -1.60. The van der Waals surface area contributed by atoms with E-state index in [9.17, 15) is 0 Å². The number of benzene rings is 2. The molecule has 2 aromatic rings. The van der Waals surface area contributed by atoms with Crippen LogP contribution in [-0.4, -0.2) is 0 Å². The van der Waals surface area contributed by atoms with Crippen LogP contribution in [0.5, 0.6) is 0 Å². The third-order valence-electron chi connectivity index (χ3n) is 3.76. The second-order valence-electron chi connectivity index (χ2n) is 5.74. The van der Waals surface area contributed by atoms with Crippen LogP contribution in [0.15, 0.2) is 42.5 Å². The first-order valence-corrected chi connectivity index (χ1v) is 7.52. The molecule has 1 atom stereocenters. The van der Waals surface area contributed by atoms with Crippen LogP contribution in [-0.2, 0) is 6.42 Å². The number of hydrogen-bond acceptors (Lipinski definition) is 1. The highest BCUT2D eigenvalue weighted by Crippen LogP contribution is 2.22. The van der Waals surface area contributed by atoms with Crippen molar-refractivity contribution < 1.29 is 0 Å². The zero-order valence-electron chi connectivity index (χ0n) is 12.8. The second-order valence-corrected chi connectivity index (χ2v) is 5.74. The van der Waals surface area contributed by atoms with Gasteiger partial charge in [0, 0.05) is 0 Å². The van der Waals surface area contributed by atoms with Gasteiger partial charge in [0.1, 0.15) is 0 Å². The molecule has 0 bridgehead atoms. The van der Waals surface area contributed by atoms with Gasteiger partial charge in [-0.3, -0.25) is 0 Å². The monoisotopic (exact) mass is 267 g/mol. The highest BCUT2D eigenvalue weighted by molar-refractivity contribution is 5.37. The molecule has 0 fully saturated rings. The summed E-state index contributed by atoms with van der Waals surface area (Å²) in [4.78, 5) is 0. The van der Waals surface area contributed by atoms with Gasteiger partial charge in [-0.2, -0.15) is 0 Å². The Morgan fingerprint density at radius 2 is 1.50 bits per heavy atom. The summed E-state index contributed by atoms with van der Waals surface area (Å²) in [6, 6.07) is 15.3. The van der Waals surface area contributed by atoms with Gasteiger partial charge >= 0.3 is 0 Å². The molecule has 0 heterocycles. The number of nitrogens with two attached hydrogens (primary N) is 1. The van der Waals surface area contributed by atoms with Crippen molar-refractivity contribution in [2.45, 2.75) is 46.1 Å². The minimum absolute atomic E-state index is 0.0335. The van der Waals surface area contributed by atoms with Gasteiger partial charge in [0.15, 0.2) is 0 Å². The van der Waals surface area contributed by atoms with Crippen molar-refractivity contribution in [2.75, 3.05) is 0 Å². The first-order chi connectivity index (χ1) is 9.60. The normalized spacial score (nSPS) is 12.4. The third kappa shape index (κ3) is 3.71. The molecule has 1 nitrogen and oxygen atoms in total. The van der Waals surface area contributed by atoms with E-state index in [1.54, 1.807) is 0 Å². The van der Waals surface area contributed by atoms with Crippen LogP contribution in [0.4, 0.5) is 0 Å². The largest absolute Gasteiger partial charge is 0.320 e. The summed E-state index contributed by atoms with van der Waals surface area (Å²) in [5, 5.41) is 0. The zero-order valence-corrected chi connectivity index (χ0v) is 12.8. The Balaban J connectivity index is 2.17. The van der Waals surface area contributed by atoms with Crippen molar-refractivity contribution >= 4 is 0 Å². The summed E-state index contributed by atoms with van der Waals surface area (Å²) < 4.78 is 0. The molecule has 0 saturated heterocycles. The highest BCUT2D eigenvalue weighted by Gasteiger charge is 2.09. The summed E-state index contributed by atoms with van der Waals surface area (Å²) in [6.45, 7) is 6.47. The van der Waals surface area contributed by atoms with Gasteiger partial charge in [-0.05, 0) is 43.4 Å². The van der Waals surface area contributed by atoms with Gasteiger partial charge in [-0.15, -0.1) is 0 Å². The summed E-state index contributed by atoms with van der Waals surface area (Å²) in [5.74, 6) is 0. The summed E-state index contributed by atoms with van der Waals surface area (Å²) in [5.41, 5.74) is 12.7. The molecule has 2 N–H and O–H groups in total. The molecule has 1 unspecified atom stereocenters. The predicted octanol–water partition coefficient (Wildman–Crippen LogP) is 4.69. The van der Waals surface area contributed by atoms with Crippen LogP contribution in [0.3, 0.4) is 0 Å². The quantitative estimate of drug-likeness (QED) is 0.835. The van der Waals surface area contributed by atoms with Gasteiger partial charge in [-0.1, -0.05) is 66.9 Å². The summed E-state index contributed by atoms with van der Waals surface area (Å²) in [7, 11) is 0. The molecule has 0 aromatic heterocycles. The molecule has 0 radical (unpaired) electrons. The van der Waals surface area contributed by atoms with E-state index in [1.807, 2.05) is 0 Å². The molecule has 0 saturated carbocycles. The van der Waals surface area contributed by atoms with E-state index in [-0.39, 0.29) is 6.04 Å². The predicted molar refractivity (Wildman–Crippen MR) is 87.0 cm³/mol. The van der Waals surface area contributed by atoms with Crippen LogP contribution < -0.4 is 5.73 Å². The number of hydrogen-bond donors (Lipinski definition) is 1. The molecular formula is C19H25N. The van der Waals surface area contributed by atoms with E-state index in [1.165, 1.54) is 40.7 Å². The van der Waals surface area contributed by atoms with Crippen molar-refractivity contribution in [1.82, 2.24) is 0 Å². The van der Waals surface area contributed by atoms with Crippen molar-refractivity contribution in [3.8, 4) is 0 Å². The maximum Gasteiger partial charge on any atom is 0.0551 e. The molecule has 0 aliphatic heterocycles. The van der Waals surface area contributed by atoms with Crippen LogP contribution in [0, 0.1) is 13.8 Å². The van der Waals surface area contributed by atoms with Gasteiger partial charge < -0.3 is 5.73 Å². The summed E-state index contributed by atoms with van der Waals surface area (Å²) >= 11 is 0. The van der Waals surface area contributed by atoms with E-state index in [0.717, 1.165) is 6.42 Å². The van der Waals surface area contributed by atoms with E-state index in [4.69, 9.17) is 5.73 Å². The smallest absolute Gasteiger partial charge is 0.0551 e. The van der Waals surface area contributed by atoms with Crippen molar-refractivity contribution in [3.63, 3.8) is 0 Å². The fourth-order valence-electron chi connectivity index (χ4n) is 2.65. The SMILES string of the molecule is CCCCc1ccc(C(N)c2cc(C)cc(C)c2)cc1. The van der Waals surface area contributed by atoms with E-state index in [2.05, 4.69) is 63.2 Å². The van der Waals surface area contributed by atoms with Gasteiger partial charge in [-0.25, -0.2) is 0 Å². The van der Waals surface area contributed by atoms with Gasteiger partial charge in [0.2, 0.25) is 0 Å². The Labute approximate surface area is 122 Å². The molecule has 2 aromatic carbocycles. The Bertz CT molecular complexity index is 534. The molecule has 0 aliphatic carbocycles. The van der Waals surface area contributed by atoms with Crippen molar-refractivity contribution in [3.05, 3.63) is 70.3 Å². The lowest BCUT2D eigenvalue weighted by atomic mass is 9.95. The van der Waals surface area contributed by atoms with Crippen LogP contribution in [0.25, 0.3) is 0 Å². The van der Waals surface area contributed by atoms with Crippen molar-refractivity contribution in [2.24, 2.45) is 5.73 Å². The molecule has 2 rings (SSSR count). The Morgan fingerprint density at radius 1 is 0.900 bits per heavy atom. The minimum atomic E-state index is -0.0335. The number of rotatable bonds is 5. The maximum atomic E-state index is 6.40. The lowest BCUT2D eigenvalue weighted by molar-refractivity contribution is 0.793. The first-order valence-electron chi connectivity index (χ1n) is 7.52. The molecular weight excluding hydrogens is 242 g/mol. The van der Waals surface area contributed by atoms with E-state index < -0.39 is 0 Å². The average molecular weight is 267 g/mol. The van der Waals surface area contributed by atoms with Crippen LogP contribution >= 0.6 is 0 Å². The van der Waals surface area contributed by atoms with E-state index >= 15 is 0 Å². The van der Waals surface area contributed by atoms with Gasteiger partial charge in [0.25, 0.3) is 0 Å². The lowest BCUT2D eigenvalue weighted by Crippen LogP contribution is -2.12. The minimum Gasteiger partial charge on any atom is -0.320 e. The van der Waals surface area contributed by atoms with E-state index in [0.29, 0.717) is 0 Å². The Morgan fingerprint density at radius 3 is 2.05 bits per heavy atom. The summed E-state index contributed by atoms with van der Waals surface area (Å²) in [6.07, 6.45) is 3.65. The van der Waals surface area contributed by atoms with Crippen molar-refractivity contribution in [1.29, 1.82) is 0 Å². The molecule has 106 valence electrons. The lowest BCUT2D eigenvalue weighted by Gasteiger charge is -2.15. The first kappa shape index (κ1) is 14.8. The third-order valence-corrected chi connectivity index (χ3v) is 3.76. The topological polar surface area (TPSA) is 26.0 Å². The number of aryl methyl sites for hydroxylation is 3. The Kier molecular flexibility index (Phi) is 4.97.